The highest BCUT2D eigenvalue weighted by Crippen LogP contribution is 2.23. The van der Waals surface area contributed by atoms with Crippen molar-refractivity contribution >= 4 is 11.9 Å². The number of carbonyl (C=O) groups excluding carboxylic acids is 2. The Morgan fingerprint density at radius 1 is 0.860 bits per heavy atom. The second kappa shape index (κ2) is 23.8. The summed E-state index contributed by atoms with van der Waals surface area (Å²) in [6.45, 7) is 6.17. The highest BCUT2D eigenvalue weighted by molar-refractivity contribution is 5.91. The Labute approximate surface area is 256 Å². The van der Waals surface area contributed by atoms with Crippen LogP contribution in [0.1, 0.15) is 78.1 Å². The lowest BCUT2D eigenvalue weighted by Gasteiger charge is -2.40. The number of carbonyl (C=O) groups is 2. The molecular formula is C33H52O10. The van der Waals surface area contributed by atoms with Crippen molar-refractivity contribution in [2.75, 3.05) is 19.8 Å². The summed E-state index contributed by atoms with van der Waals surface area (Å²) in [5.74, 6) is -1.11. The molecule has 1 saturated heterocycles. The number of aliphatic hydroxyl groups is 4. The molecule has 10 heteroatoms. The number of aliphatic hydroxyl groups excluding tert-OH is 4. The van der Waals surface area contributed by atoms with Gasteiger partial charge in [0.15, 0.2) is 6.29 Å². The number of hydrogen-bond donors (Lipinski definition) is 4. The maximum Gasteiger partial charge on any atom is 0.337 e. The molecule has 10 nitrogen and oxygen atoms in total. The van der Waals surface area contributed by atoms with Gasteiger partial charge in [-0.1, -0.05) is 81.4 Å². The lowest BCUT2D eigenvalue weighted by atomic mass is 9.99. The van der Waals surface area contributed by atoms with Crippen molar-refractivity contribution in [3.8, 4) is 0 Å². The van der Waals surface area contributed by atoms with Gasteiger partial charge >= 0.3 is 11.9 Å². The van der Waals surface area contributed by atoms with E-state index in [0.29, 0.717) is 6.42 Å². The maximum absolute atomic E-state index is 12.0. The summed E-state index contributed by atoms with van der Waals surface area (Å²) in [5.41, 5.74) is 0.213. The third-order valence-electron chi connectivity index (χ3n) is 6.74. The molecule has 0 aromatic rings. The first kappa shape index (κ1) is 38.4. The van der Waals surface area contributed by atoms with Crippen molar-refractivity contribution in [1.82, 2.24) is 0 Å². The fourth-order valence-corrected chi connectivity index (χ4v) is 4.16. The molecule has 1 aliphatic rings. The fraction of sp³-hybridized carbons (Fsp3) is 0.636. The molecule has 0 radical (unpaired) electrons. The minimum atomic E-state index is -1.64. The van der Waals surface area contributed by atoms with Gasteiger partial charge in [-0.05, 0) is 45.4 Å². The van der Waals surface area contributed by atoms with E-state index in [4.69, 9.17) is 18.9 Å². The van der Waals surface area contributed by atoms with Gasteiger partial charge in [0, 0.05) is 6.42 Å². The summed E-state index contributed by atoms with van der Waals surface area (Å²) in [5, 5.41) is 40.7. The van der Waals surface area contributed by atoms with Crippen LogP contribution < -0.4 is 0 Å². The van der Waals surface area contributed by atoms with Gasteiger partial charge in [-0.15, -0.1) is 0 Å². The zero-order valence-corrected chi connectivity index (χ0v) is 25.7. The summed E-state index contributed by atoms with van der Waals surface area (Å²) >= 11 is 0. The molecule has 6 atom stereocenters. The van der Waals surface area contributed by atoms with Crippen molar-refractivity contribution in [2.45, 2.75) is 115 Å². The zero-order valence-electron chi connectivity index (χ0n) is 25.7. The van der Waals surface area contributed by atoms with E-state index in [-0.39, 0.29) is 25.2 Å². The molecule has 244 valence electrons. The molecule has 0 bridgehead atoms. The van der Waals surface area contributed by atoms with Gasteiger partial charge in [0.2, 0.25) is 0 Å². The summed E-state index contributed by atoms with van der Waals surface area (Å²) in [4.78, 5) is 24.0. The molecule has 0 aromatic carbocycles. The molecule has 0 aliphatic carbocycles. The molecular weight excluding hydrogens is 556 g/mol. The van der Waals surface area contributed by atoms with Crippen LogP contribution in [0.4, 0.5) is 0 Å². The van der Waals surface area contributed by atoms with E-state index >= 15 is 0 Å². The quantitative estimate of drug-likeness (QED) is 0.0467. The molecule has 0 spiro atoms. The largest absolute Gasteiger partial charge is 0.463 e. The predicted octanol–water partition coefficient (Wildman–Crippen LogP) is 3.98. The molecule has 1 aliphatic heterocycles. The first-order valence-electron chi connectivity index (χ1n) is 15.3. The number of hydrogen-bond acceptors (Lipinski definition) is 10. The smallest absolute Gasteiger partial charge is 0.337 e. The number of unbranched alkanes of at least 4 members (excludes halogenated alkanes) is 5. The van der Waals surface area contributed by atoms with Crippen LogP contribution in [0.5, 0.6) is 0 Å². The lowest BCUT2D eigenvalue weighted by molar-refractivity contribution is -0.305. The third kappa shape index (κ3) is 16.7. The lowest BCUT2D eigenvalue weighted by Crippen LogP contribution is -2.59. The highest BCUT2D eigenvalue weighted by Gasteiger charge is 2.45. The van der Waals surface area contributed by atoms with Gasteiger partial charge in [-0.25, -0.2) is 4.79 Å². The van der Waals surface area contributed by atoms with E-state index < -0.39 is 55.4 Å². The number of ether oxygens (including phenoxy) is 4. The van der Waals surface area contributed by atoms with Crippen molar-refractivity contribution < 1.29 is 49.0 Å². The second-order valence-electron chi connectivity index (χ2n) is 10.3. The van der Waals surface area contributed by atoms with E-state index in [9.17, 15) is 30.0 Å². The SMILES string of the molecule is C=CC(=CC)C(=O)OCC1OC(OCC(O)COC(=O)CCCCCCCC=CCC=CCC=CCC)C(O)C(O)C1O. The number of allylic oxidation sites excluding steroid dienone is 7. The summed E-state index contributed by atoms with van der Waals surface area (Å²) in [6.07, 6.45) is 16.5. The van der Waals surface area contributed by atoms with E-state index in [1.165, 1.54) is 12.2 Å². The average molecular weight is 609 g/mol. The van der Waals surface area contributed by atoms with Crippen LogP contribution in [0, 0.1) is 0 Å². The predicted molar refractivity (Wildman–Crippen MR) is 164 cm³/mol. The molecule has 6 unspecified atom stereocenters. The van der Waals surface area contributed by atoms with Gasteiger partial charge < -0.3 is 39.4 Å². The average Bonchev–Trinajstić information content (AvgIpc) is 3.00. The van der Waals surface area contributed by atoms with E-state index in [1.807, 2.05) is 0 Å². The van der Waals surface area contributed by atoms with Crippen molar-refractivity contribution in [3.05, 3.63) is 60.8 Å². The van der Waals surface area contributed by atoms with Crippen molar-refractivity contribution in [2.24, 2.45) is 0 Å². The fourth-order valence-electron chi connectivity index (χ4n) is 4.16. The highest BCUT2D eigenvalue weighted by atomic mass is 16.7. The van der Waals surface area contributed by atoms with Crippen LogP contribution in [-0.4, -0.2) is 89.0 Å². The van der Waals surface area contributed by atoms with Crippen LogP contribution in [-0.2, 0) is 28.5 Å². The van der Waals surface area contributed by atoms with E-state index in [1.54, 1.807) is 6.92 Å². The Hall–Kier alpha value is -2.60. The third-order valence-corrected chi connectivity index (χ3v) is 6.74. The standard InChI is InChI=1S/C33H52O10/c1-4-7-8-9-10-11-12-13-14-15-16-17-18-19-20-21-28(35)40-22-26(34)23-42-33-31(38)30(37)29(36)27(43-33)24-41-32(39)25(5-2)6-3/h5-8,10-11,13-14,26-27,29-31,33-34,36-38H,2,4,9,12,15-24H2,1,3H3. The Morgan fingerprint density at radius 3 is 2.19 bits per heavy atom. The molecule has 4 N–H and O–H groups in total. The molecule has 0 aromatic heterocycles. The van der Waals surface area contributed by atoms with E-state index in [2.05, 4.69) is 50.0 Å². The van der Waals surface area contributed by atoms with Gasteiger partial charge in [0.25, 0.3) is 0 Å². The zero-order chi connectivity index (χ0) is 31.9. The van der Waals surface area contributed by atoms with Crippen LogP contribution in [0.25, 0.3) is 0 Å². The molecule has 0 amide bonds. The van der Waals surface area contributed by atoms with Crippen LogP contribution in [0.2, 0.25) is 0 Å². The Morgan fingerprint density at radius 2 is 1.51 bits per heavy atom. The first-order chi connectivity index (χ1) is 20.7. The van der Waals surface area contributed by atoms with Crippen molar-refractivity contribution in [3.63, 3.8) is 0 Å². The van der Waals surface area contributed by atoms with Crippen LogP contribution in [0.3, 0.4) is 0 Å². The summed E-state index contributed by atoms with van der Waals surface area (Å²) in [6, 6.07) is 0. The number of esters is 2. The monoisotopic (exact) mass is 608 g/mol. The molecule has 43 heavy (non-hydrogen) atoms. The van der Waals surface area contributed by atoms with Gasteiger partial charge in [0.1, 0.15) is 43.7 Å². The van der Waals surface area contributed by atoms with Crippen LogP contribution >= 0.6 is 0 Å². The Kier molecular flexibility index (Phi) is 21.3. The summed E-state index contributed by atoms with van der Waals surface area (Å²) in [7, 11) is 0. The topological polar surface area (TPSA) is 152 Å². The molecule has 1 fully saturated rings. The van der Waals surface area contributed by atoms with Gasteiger partial charge in [0.05, 0.1) is 12.2 Å². The maximum atomic E-state index is 12.0. The van der Waals surface area contributed by atoms with E-state index in [0.717, 1.165) is 51.4 Å². The molecule has 1 heterocycles. The second-order valence-corrected chi connectivity index (χ2v) is 10.3. The van der Waals surface area contributed by atoms with Gasteiger partial charge in [-0.3, -0.25) is 4.79 Å². The summed E-state index contributed by atoms with van der Waals surface area (Å²) < 4.78 is 21.0. The Balaban J connectivity index is 2.19. The Bertz CT molecular complexity index is 909. The minimum Gasteiger partial charge on any atom is -0.463 e. The molecule has 1 rings (SSSR count). The molecule has 0 saturated carbocycles. The first-order valence-corrected chi connectivity index (χ1v) is 15.3. The normalized spacial score (nSPS) is 23.7. The van der Waals surface area contributed by atoms with Crippen LogP contribution in [0.15, 0.2) is 60.8 Å². The number of rotatable bonds is 22. The van der Waals surface area contributed by atoms with Gasteiger partial charge in [-0.2, -0.15) is 0 Å². The van der Waals surface area contributed by atoms with Crippen molar-refractivity contribution in [1.29, 1.82) is 0 Å². The minimum absolute atomic E-state index is 0.213.